The molecule has 0 N–H and O–H groups in total. The summed E-state index contributed by atoms with van der Waals surface area (Å²) in [6.07, 6.45) is -1.37. The van der Waals surface area contributed by atoms with E-state index in [0.717, 1.165) is 17.1 Å². The lowest BCUT2D eigenvalue weighted by Gasteiger charge is -2.43. The molecule has 0 radical (unpaired) electrons. The molecule has 35 heavy (non-hydrogen) atoms. The third-order valence-electron chi connectivity index (χ3n) is 6.92. The minimum absolute atomic E-state index is 0.0330. The van der Waals surface area contributed by atoms with Gasteiger partial charge in [0.1, 0.15) is 31.2 Å². The quantitative estimate of drug-likeness (QED) is 0.0825. The van der Waals surface area contributed by atoms with Gasteiger partial charge in [-0.2, -0.15) is 0 Å². The van der Waals surface area contributed by atoms with E-state index in [1.54, 1.807) is 0 Å². The minimum Gasteiger partial charge on any atom is -0.408 e. The Morgan fingerprint density at radius 2 is 1.34 bits per heavy atom. The first-order valence-electron chi connectivity index (χ1n) is 12.9. The van der Waals surface area contributed by atoms with E-state index in [-0.39, 0.29) is 42.4 Å². The maximum atomic E-state index is 7.04. The Balaban J connectivity index is 2.21. The molecule has 0 spiro atoms. The summed E-state index contributed by atoms with van der Waals surface area (Å²) in [6, 6.07) is 1.12. The first-order chi connectivity index (χ1) is 15.8. The molecule has 7 nitrogen and oxygen atoms in total. The largest absolute Gasteiger partial charge is 0.408 e. The monoisotopic (exact) mass is 646 g/mol. The van der Waals surface area contributed by atoms with Crippen LogP contribution in [0.2, 0.25) is 43.8 Å². The van der Waals surface area contributed by atoms with Crippen LogP contribution < -0.4 is 0 Å². The smallest absolute Gasteiger partial charge is 0.192 e. The number of ether oxygens (including phenoxy) is 6. The van der Waals surface area contributed by atoms with Gasteiger partial charge in [-0.05, 0) is 51.9 Å². The highest BCUT2D eigenvalue weighted by molar-refractivity contribution is 14.1. The fourth-order valence-electron chi connectivity index (χ4n) is 4.03. The Hall–Kier alpha value is 0.884. The van der Waals surface area contributed by atoms with Crippen molar-refractivity contribution in [3.8, 4) is 0 Å². The summed E-state index contributed by atoms with van der Waals surface area (Å²) in [5.74, 6) is -1.43. The lowest BCUT2D eigenvalue weighted by molar-refractivity contribution is -0.177. The molecule has 2 heterocycles. The van der Waals surface area contributed by atoms with Crippen LogP contribution >= 0.6 is 22.6 Å². The van der Waals surface area contributed by atoms with Crippen molar-refractivity contribution < 1.29 is 32.8 Å². The second-order valence-corrected chi connectivity index (χ2v) is 24.7. The summed E-state index contributed by atoms with van der Waals surface area (Å²) in [7, 11) is -3.30. The first kappa shape index (κ1) is 32.1. The molecule has 2 rings (SSSR count). The fraction of sp³-hybridized carbons (Fsp3) is 1.00. The van der Waals surface area contributed by atoms with Crippen LogP contribution in [-0.2, 0) is 32.8 Å². The van der Waals surface area contributed by atoms with Crippen molar-refractivity contribution in [2.45, 2.75) is 134 Å². The molecule has 0 amide bonds. The highest BCUT2D eigenvalue weighted by atomic mass is 127. The summed E-state index contributed by atoms with van der Waals surface area (Å²) in [5.41, 5.74) is 0. The van der Waals surface area contributed by atoms with Gasteiger partial charge in [0.25, 0.3) is 0 Å². The van der Waals surface area contributed by atoms with E-state index in [9.17, 15) is 0 Å². The van der Waals surface area contributed by atoms with Crippen molar-refractivity contribution in [2.24, 2.45) is 0 Å². The standard InChI is InChI=1S/C25H51IO7Si2/c1-23(2,3)35(11,12)33-22(20-18(15-26)29-24(4,5)31-20)21-19(30-25(6,7)32-21)16-28-17-27-13-14-34(8,9)10/h18-22H,13-17H2,1-12H3/t18-,19-,20-,21+,22-/m1/s1. The second kappa shape index (κ2) is 12.0. The molecule has 2 saturated heterocycles. The van der Waals surface area contributed by atoms with E-state index < -0.39 is 28.0 Å². The molecule has 0 unspecified atom stereocenters. The summed E-state index contributed by atoms with van der Waals surface area (Å²) in [4.78, 5) is 0. The van der Waals surface area contributed by atoms with Crippen LogP contribution in [0.1, 0.15) is 48.5 Å². The van der Waals surface area contributed by atoms with Crippen LogP contribution in [0.5, 0.6) is 0 Å². The Labute approximate surface area is 229 Å². The molecule has 2 aliphatic heterocycles. The molecular weight excluding hydrogens is 595 g/mol. The Kier molecular flexibility index (Phi) is 11.0. The zero-order chi connectivity index (χ0) is 26.9. The Morgan fingerprint density at radius 3 is 1.83 bits per heavy atom. The average Bonchev–Trinajstić information content (AvgIpc) is 3.15. The second-order valence-electron chi connectivity index (χ2n) is 13.5. The van der Waals surface area contributed by atoms with Gasteiger partial charge in [0, 0.05) is 19.1 Å². The first-order valence-corrected chi connectivity index (χ1v) is 21.0. The predicted molar refractivity (Wildman–Crippen MR) is 154 cm³/mol. The predicted octanol–water partition coefficient (Wildman–Crippen LogP) is 6.18. The van der Waals surface area contributed by atoms with Crippen molar-refractivity contribution in [1.29, 1.82) is 0 Å². The molecule has 0 aliphatic carbocycles. The molecule has 0 saturated carbocycles. The molecule has 208 valence electrons. The molecule has 2 fully saturated rings. The van der Waals surface area contributed by atoms with Crippen molar-refractivity contribution in [2.75, 3.05) is 24.4 Å². The van der Waals surface area contributed by atoms with E-state index in [1.807, 2.05) is 27.7 Å². The average molecular weight is 647 g/mol. The molecule has 10 heteroatoms. The molecular formula is C25H51IO7Si2. The van der Waals surface area contributed by atoms with Crippen LogP contribution in [-0.4, -0.2) is 82.9 Å². The lowest BCUT2D eigenvalue weighted by Crippen LogP contribution is -2.56. The summed E-state index contributed by atoms with van der Waals surface area (Å²) in [6.45, 7) is 27.4. The zero-order valence-corrected chi connectivity index (χ0v) is 28.3. The van der Waals surface area contributed by atoms with Gasteiger partial charge in [0.15, 0.2) is 19.9 Å². The Bertz CT molecular complexity index is 676. The van der Waals surface area contributed by atoms with Crippen molar-refractivity contribution >= 4 is 39.0 Å². The van der Waals surface area contributed by atoms with Gasteiger partial charge in [-0.25, -0.2) is 0 Å². The van der Waals surface area contributed by atoms with Gasteiger partial charge in [0.05, 0.1) is 12.7 Å². The highest BCUT2D eigenvalue weighted by Crippen LogP contribution is 2.43. The SMILES string of the molecule is CC1(C)O[C@H]([C@H](O[Si](C)(C)C(C)(C)C)[C@@H]2OC(C)(C)O[C@@H]2CI)[C@@H](COCOCC[Si](C)(C)C)O1. The molecule has 5 atom stereocenters. The molecule has 0 aromatic heterocycles. The van der Waals surface area contributed by atoms with Crippen LogP contribution in [0.4, 0.5) is 0 Å². The molecule has 2 aliphatic rings. The van der Waals surface area contributed by atoms with Crippen LogP contribution in [0, 0.1) is 0 Å². The van der Waals surface area contributed by atoms with Crippen molar-refractivity contribution in [3.63, 3.8) is 0 Å². The summed E-state index contributed by atoms with van der Waals surface area (Å²) >= 11 is 2.36. The summed E-state index contributed by atoms with van der Waals surface area (Å²) in [5, 5.41) is 0.0330. The maximum absolute atomic E-state index is 7.04. The van der Waals surface area contributed by atoms with Crippen LogP contribution in [0.3, 0.4) is 0 Å². The van der Waals surface area contributed by atoms with Crippen molar-refractivity contribution in [1.82, 2.24) is 0 Å². The van der Waals surface area contributed by atoms with E-state index in [2.05, 4.69) is 76.1 Å². The number of hydrogen-bond acceptors (Lipinski definition) is 7. The minimum atomic E-state index is -2.17. The maximum Gasteiger partial charge on any atom is 0.192 e. The summed E-state index contributed by atoms with van der Waals surface area (Å²) < 4.78 is 45.1. The zero-order valence-electron chi connectivity index (χ0n) is 24.2. The topological polar surface area (TPSA) is 64.6 Å². The molecule has 0 aromatic carbocycles. The molecule has 0 bridgehead atoms. The number of hydrogen-bond donors (Lipinski definition) is 0. The van der Waals surface area contributed by atoms with Gasteiger partial charge in [0.2, 0.25) is 0 Å². The van der Waals surface area contributed by atoms with E-state index in [4.69, 9.17) is 32.8 Å². The van der Waals surface area contributed by atoms with Gasteiger partial charge in [-0.15, -0.1) is 0 Å². The van der Waals surface area contributed by atoms with E-state index >= 15 is 0 Å². The number of rotatable bonds is 12. The normalized spacial score (nSPS) is 30.1. The van der Waals surface area contributed by atoms with Gasteiger partial charge < -0.3 is 32.8 Å². The van der Waals surface area contributed by atoms with E-state index in [0.29, 0.717) is 6.61 Å². The van der Waals surface area contributed by atoms with Gasteiger partial charge in [-0.3, -0.25) is 0 Å². The Morgan fingerprint density at radius 1 is 0.829 bits per heavy atom. The fourth-order valence-corrected chi connectivity index (χ4v) is 6.77. The third-order valence-corrected chi connectivity index (χ3v) is 14.0. The van der Waals surface area contributed by atoms with Gasteiger partial charge >= 0.3 is 0 Å². The van der Waals surface area contributed by atoms with E-state index in [1.165, 1.54) is 0 Å². The van der Waals surface area contributed by atoms with Crippen LogP contribution in [0.25, 0.3) is 0 Å². The van der Waals surface area contributed by atoms with Crippen molar-refractivity contribution in [3.05, 3.63) is 0 Å². The lowest BCUT2D eigenvalue weighted by atomic mass is 10.0. The highest BCUT2D eigenvalue weighted by Gasteiger charge is 2.56. The van der Waals surface area contributed by atoms with Gasteiger partial charge in [-0.1, -0.05) is 63.0 Å². The number of halogens is 1. The molecule has 0 aromatic rings. The third kappa shape index (κ3) is 9.54. The number of alkyl halides is 1. The van der Waals surface area contributed by atoms with Crippen LogP contribution in [0.15, 0.2) is 0 Å².